The first-order valence-corrected chi connectivity index (χ1v) is 11.9. The fourth-order valence-corrected chi connectivity index (χ4v) is 6.83. The highest BCUT2D eigenvalue weighted by molar-refractivity contribution is 5.79. The summed E-state index contributed by atoms with van der Waals surface area (Å²) in [6, 6.07) is 1.69. The fourth-order valence-electron chi connectivity index (χ4n) is 6.83. The lowest BCUT2D eigenvalue weighted by molar-refractivity contribution is -0.130. The van der Waals surface area contributed by atoms with Crippen molar-refractivity contribution in [2.24, 2.45) is 23.2 Å². The summed E-state index contributed by atoms with van der Waals surface area (Å²) in [5.74, 6) is 2.66. The molecule has 0 bridgehead atoms. The molecule has 3 heteroatoms. The van der Waals surface area contributed by atoms with E-state index in [9.17, 15) is 4.79 Å². The molecule has 2 heterocycles. The monoisotopic (exact) mass is 374 g/mol. The second-order valence-electron chi connectivity index (χ2n) is 10.8. The number of likely N-dealkylation sites (tertiary alicyclic amines) is 2. The van der Waals surface area contributed by atoms with Crippen molar-refractivity contribution in [1.82, 2.24) is 9.80 Å². The zero-order valence-electron chi connectivity index (χ0n) is 18.1. The molecular weight excluding hydrogens is 332 g/mol. The molecular formula is C24H42N2O. The van der Waals surface area contributed by atoms with Gasteiger partial charge in [-0.05, 0) is 115 Å². The highest BCUT2D eigenvalue weighted by Crippen LogP contribution is 2.55. The molecule has 4 aliphatic rings. The van der Waals surface area contributed by atoms with E-state index in [0.29, 0.717) is 17.1 Å². The van der Waals surface area contributed by atoms with E-state index in [2.05, 4.69) is 23.6 Å². The molecule has 27 heavy (non-hydrogen) atoms. The first-order chi connectivity index (χ1) is 13.0. The van der Waals surface area contributed by atoms with Crippen LogP contribution in [0.15, 0.2) is 0 Å². The molecule has 3 nitrogen and oxygen atoms in total. The minimum Gasteiger partial charge on any atom is -0.300 e. The third kappa shape index (κ3) is 4.29. The standard InChI is InChI=1S/C24H42N2O/c1-18(2)20-6-12-25(13-7-20)23-8-14-26(15-9-23)22-4-10-24(11-5-22)16-21(17-24)19(3)27/h18,20-23H,4-17H2,1-3H3/t21-,22-,24?. The molecule has 4 fully saturated rings. The van der Waals surface area contributed by atoms with E-state index in [0.717, 1.165) is 23.9 Å². The summed E-state index contributed by atoms with van der Waals surface area (Å²) >= 11 is 0. The molecule has 154 valence electrons. The average molecular weight is 375 g/mol. The van der Waals surface area contributed by atoms with Crippen LogP contribution in [0, 0.1) is 23.2 Å². The van der Waals surface area contributed by atoms with E-state index in [-0.39, 0.29) is 0 Å². The van der Waals surface area contributed by atoms with Crippen molar-refractivity contribution in [2.75, 3.05) is 26.2 Å². The normalized spacial score (nSPS) is 37.6. The molecule has 0 aromatic heterocycles. The summed E-state index contributed by atoms with van der Waals surface area (Å²) in [7, 11) is 0. The van der Waals surface area contributed by atoms with Gasteiger partial charge in [0.25, 0.3) is 0 Å². The number of hydrogen-bond acceptors (Lipinski definition) is 3. The molecule has 1 spiro atoms. The number of hydrogen-bond donors (Lipinski definition) is 0. The zero-order valence-corrected chi connectivity index (χ0v) is 18.1. The van der Waals surface area contributed by atoms with Crippen LogP contribution < -0.4 is 0 Å². The Bertz CT molecular complexity index is 498. The van der Waals surface area contributed by atoms with Crippen LogP contribution in [0.1, 0.15) is 85.0 Å². The van der Waals surface area contributed by atoms with Gasteiger partial charge in [0.05, 0.1) is 0 Å². The first kappa shape index (κ1) is 19.9. The Labute approximate surface area is 167 Å². The van der Waals surface area contributed by atoms with Crippen molar-refractivity contribution in [1.29, 1.82) is 0 Å². The van der Waals surface area contributed by atoms with Crippen LogP contribution in [0.3, 0.4) is 0 Å². The van der Waals surface area contributed by atoms with Crippen LogP contribution in [0.5, 0.6) is 0 Å². The molecule has 2 aliphatic heterocycles. The van der Waals surface area contributed by atoms with E-state index < -0.39 is 0 Å². The van der Waals surface area contributed by atoms with Crippen molar-refractivity contribution in [3.8, 4) is 0 Å². The predicted octanol–water partition coefficient (Wildman–Crippen LogP) is 4.75. The maximum Gasteiger partial charge on any atom is 0.132 e. The SMILES string of the molecule is CC(=O)[C@H]1CC2(CC[C@H](N3CCC(N4CCC(C(C)C)CC4)CC3)CC2)C1. The molecule has 0 unspecified atom stereocenters. The van der Waals surface area contributed by atoms with Crippen LogP contribution in [-0.4, -0.2) is 53.8 Å². The van der Waals surface area contributed by atoms with E-state index >= 15 is 0 Å². The van der Waals surface area contributed by atoms with Crippen molar-refractivity contribution in [3.63, 3.8) is 0 Å². The summed E-state index contributed by atoms with van der Waals surface area (Å²) in [6.07, 6.45) is 13.5. The van der Waals surface area contributed by atoms with Gasteiger partial charge < -0.3 is 9.80 Å². The topological polar surface area (TPSA) is 23.6 Å². The summed E-state index contributed by atoms with van der Waals surface area (Å²) < 4.78 is 0. The number of carbonyl (C=O) groups excluding carboxylic acids is 1. The van der Waals surface area contributed by atoms with Gasteiger partial charge in [0, 0.05) is 18.0 Å². The van der Waals surface area contributed by atoms with Gasteiger partial charge in [-0.25, -0.2) is 0 Å². The van der Waals surface area contributed by atoms with Crippen LogP contribution >= 0.6 is 0 Å². The Morgan fingerprint density at radius 3 is 1.78 bits per heavy atom. The minimum atomic E-state index is 0.400. The molecule has 2 saturated heterocycles. The van der Waals surface area contributed by atoms with Crippen LogP contribution in [0.4, 0.5) is 0 Å². The lowest BCUT2D eigenvalue weighted by Gasteiger charge is -2.53. The average Bonchev–Trinajstić information content (AvgIpc) is 2.66. The van der Waals surface area contributed by atoms with E-state index in [1.54, 1.807) is 6.92 Å². The third-order valence-corrected chi connectivity index (χ3v) is 9.00. The molecule has 0 aromatic rings. The Morgan fingerprint density at radius 2 is 1.30 bits per heavy atom. The Morgan fingerprint density at radius 1 is 0.815 bits per heavy atom. The third-order valence-electron chi connectivity index (χ3n) is 9.00. The van der Waals surface area contributed by atoms with Gasteiger partial charge in [0.1, 0.15) is 5.78 Å². The summed E-state index contributed by atoms with van der Waals surface area (Å²) in [4.78, 5) is 17.2. The number of nitrogens with zero attached hydrogens (tertiary/aromatic N) is 2. The molecule has 2 saturated carbocycles. The van der Waals surface area contributed by atoms with Gasteiger partial charge in [0.2, 0.25) is 0 Å². The summed E-state index contributed by atoms with van der Waals surface area (Å²) in [5, 5.41) is 0. The Hall–Kier alpha value is -0.410. The van der Waals surface area contributed by atoms with E-state index in [1.165, 1.54) is 90.4 Å². The summed E-state index contributed by atoms with van der Waals surface area (Å²) in [5.41, 5.74) is 0.561. The van der Waals surface area contributed by atoms with Crippen LogP contribution in [0.2, 0.25) is 0 Å². The zero-order chi connectivity index (χ0) is 19.0. The van der Waals surface area contributed by atoms with Crippen molar-refractivity contribution < 1.29 is 4.79 Å². The predicted molar refractivity (Wildman–Crippen MR) is 112 cm³/mol. The van der Waals surface area contributed by atoms with Gasteiger partial charge in [-0.2, -0.15) is 0 Å². The summed E-state index contributed by atoms with van der Waals surface area (Å²) in [6.45, 7) is 11.9. The molecule has 0 radical (unpaired) electrons. The quantitative estimate of drug-likeness (QED) is 0.710. The Kier molecular flexibility index (Phi) is 6.00. The number of carbonyl (C=O) groups is 1. The molecule has 0 N–H and O–H groups in total. The van der Waals surface area contributed by atoms with Gasteiger partial charge >= 0.3 is 0 Å². The van der Waals surface area contributed by atoms with Gasteiger partial charge in [-0.1, -0.05) is 13.8 Å². The maximum absolute atomic E-state index is 11.6. The second kappa shape index (κ2) is 8.14. The number of rotatable bonds is 4. The molecule has 0 amide bonds. The van der Waals surface area contributed by atoms with Crippen molar-refractivity contribution >= 4 is 5.78 Å². The van der Waals surface area contributed by atoms with Gasteiger partial charge in [-0.15, -0.1) is 0 Å². The van der Waals surface area contributed by atoms with Crippen molar-refractivity contribution in [3.05, 3.63) is 0 Å². The number of piperidine rings is 2. The Balaban J connectivity index is 1.18. The number of ketones is 1. The smallest absolute Gasteiger partial charge is 0.132 e. The highest BCUT2D eigenvalue weighted by atomic mass is 16.1. The van der Waals surface area contributed by atoms with Gasteiger partial charge in [0.15, 0.2) is 0 Å². The largest absolute Gasteiger partial charge is 0.300 e. The molecule has 4 rings (SSSR count). The molecule has 2 aliphatic carbocycles. The van der Waals surface area contributed by atoms with E-state index in [1.807, 2.05) is 0 Å². The highest BCUT2D eigenvalue weighted by Gasteiger charge is 2.48. The molecule has 0 atom stereocenters. The van der Waals surface area contributed by atoms with Crippen molar-refractivity contribution in [2.45, 2.75) is 97.1 Å². The lowest BCUT2D eigenvalue weighted by atomic mass is 9.54. The second-order valence-corrected chi connectivity index (χ2v) is 10.8. The van der Waals surface area contributed by atoms with Gasteiger partial charge in [-0.3, -0.25) is 4.79 Å². The van der Waals surface area contributed by atoms with Crippen LogP contribution in [-0.2, 0) is 4.79 Å². The first-order valence-electron chi connectivity index (χ1n) is 11.9. The lowest BCUT2D eigenvalue weighted by Crippen LogP contribution is -2.52. The molecule has 0 aromatic carbocycles. The maximum atomic E-state index is 11.6. The fraction of sp³-hybridized carbons (Fsp3) is 0.958. The number of Topliss-reactive ketones (excluding diaryl/α,β-unsaturated/α-hetero) is 1. The van der Waals surface area contributed by atoms with Crippen LogP contribution in [0.25, 0.3) is 0 Å². The van der Waals surface area contributed by atoms with E-state index in [4.69, 9.17) is 0 Å². The minimum absolute atomic E-state index is 0.400.